The topological polar surface area (TPSA) is 85.1 Å². The van der Waals surface area contributed by atoms with Crippen LogP contribution >= 0.6 is 11.8 Å². The highest BCUT2D eigenvalue weighted by Crippen LogP contribution is 2.33. The number of amides is 1. The van der Waals surface area contributed by atoms with Crippen LogP contribution in [-0.4, -0.2) is 27.6 Å². The van der Waals surface area contributed by atoms with Crippen LogP contribution in [0.25, 0.3) is 11.5 Å². The number of anilines is 1. The molecule has 0 bridgehead atoms. The molecule has 0 fully saturated rings. The van der Waals surface area contributed by atoms with Gasteiger partial charge in [0.05, 0.1) is 11.7 Å². The Kier molecular flexibility index (Phi) is 4.49. The minimum atomic E-state index is -0.348. The number of aromatic nitrogens is 2. The normalized spacial score (nSPS) is 15.5. The second kappa shape index (κ2) is 6.96. The van der Waals surface area contributed by atoms with Crippen molar-refractivity contribution in [1.29, 1.82) is 0 Å². The summed E-state index contributed by atoms with van der Waals surface area (Å²) in [6, 6.07) is 10.9. The quantitative estimate of drug-likeness (QED) is 0.531. The molecule has 6 nitrogen and oxygen atoms in total. The van der Waals surface area contributed by atoms with Gasteiger partial charge in [-0.1, -0.05) is 11.8 Å². The number of hydrogen-bond donors (Lipinski definition) is 1. The number of carbonyl (C=O) groups is 2. The molecule has 3 aromatic rings. The van der Waals surface area contributed by atoms with Crippen molar-refractivity contribution in [2.24, 2.45) is 0 Å². The number of halogens is 1. The van der Waals surface area contributed by atoms with Crippen molar-refractivity contribution in [1.82, 2.24) is 10.2 Å². The summed E-state index contributed by atoms with van der Waals surface area (Å²) in [6.45, 7) is 1.81. The lowest BCUT2D eigenvalue weighted by Crippen LogP contribution is -2.08. The minimum Gasteiger partial charge on any atom is -0.411 e. The first-order valence-electron chi connectivity index (χ1n) is 8.21. The van der Waals surface area contributed by atoms with Gasteiger partial charge in [-0.25, -0.2) is 4.39 Å². The molecule has 4 rings (SSSR count). The van der Waals surface area contributed by atoms with Crippen LogP contribution in [0.15, 0.2) is 52.1 Å². The van der Waals surface area contributed by atoms with Crippen LogP contribution < -0.4 is 5.32 Å². The first kappa shape index (κ1) is 17.4. The molecule has 1 aliphatic rings. The van der Waals surface area contributed by atoms with Crippen LogP contribution in [0.1, 0.15) is 28.8 Å². The van der Waals surface area contributed by atoms with Crippen molar-refractivity contribution >= 4 is 29.1 Å². The van der Waals surface area contributed by atoms with Crippen molar-refractivity contribution < 1.29 is 18.4 Å². The molecule has 1 aliphatic heterocycles. The van der Waals surface area contributed by atoms with Crippen molar-refractivity contribution in [3.05, 3.63) is 59.4 Å². The van der Waals surface area contributed by atoms with Gasteiger partial charge in [0.1, 0.15) is 5.82 Å². The van der Waals surface area contributed by atoms with Gasteiger partial charge in [-0.15, -0.1) is 10.2 Å². The Morgan fingerprint density at radius 3 is 2.78 bits per heavy atom. The lowest BCUT2D eigenvalue weighted by Gasteiger charge is -2.04. The summed E-state index contributed by atoms with van der Waals surface area (Å²) in [5.74, 6) is -0.395. The van der Waals surface area contributed by atoms with Gasteiger partial charge in [0.2, 0.25) is 11.8 Å². The first-order chi connectivity index (χ1) is 13.0. The summed E-state index contributed by atoms with van der Waals surface area (Å²) < 4.78 is 18.5. The number of carbonyl (C=O) groups excluding carboxylic acids is 2. The summed E-state index contributed by atoms with van der Waals surface area (Å²) >= 11 is 1.13. The number of hydrogen-bond acceptors (Lipinski definition) is 6. The zero-order valence-corrected chi connectivity index (χ0v) is 15.0. The van der Waals surface area contributed by atoms with E-state index in [1.54, 1.807) is 37.3 Å². The molecule has 0 aliphatic carbocycles. The van der Waals surface area contributed by atoms with E-state index in [1.165, 1.54) is 12.1 Å². The Bertz CT molecular complexity index is 1030. The molecular formula is C19H14FN3O3S. The SMILES string of the molecule is C[C@@H]1C(=O)Nc2ccc(C(=O)CSc3nnc(-c4ccc(F)cc4)o3)cc21. The minimum absolute atomic E-state index is 0.0665. The van der Waals surface area contributed by atoms with Gasteiger partial charge in [-0.05, 0) is 55.0 Å². The molecular weight excluding hydrogens is 369 g/mol. The Morgan fingerprint density at radius 1 is 1.22 bits per heavy atom. The van der Waals surface area contributed by atoms with Crippen LogP contribution in [0.4, 0.5) is 10.1 Å². The summed E-state index contributed by atoms with van der Waals surface area (Å²) in [5, 5.41) is 10.9. The largest absolute Gasteiger partial charge is 0.411 e. The third-order valence-electron chi connectivity index (χ3n) is 4.32. The van der Waals surface area contributed by atoms with Gasteiger partial charge >= 0.3 is 0 Å². The van der Waals surface area contributed by atoms with E-state index in [0.29, 0.717) is 11.1 Å². The van der Waals surface area contributed by atoms with Gasteiger partial charge in [-0.2, -0.15) is 0 Å². The fraction of sp³-hybridized carbons (Fsp3) is 0.158. The molecule has 8 heteroatoms. The third-order valence-corrected chi connectivity index (χ3v) is 5.13. The predicted octanol–water partition coefficient (Wildman–Crippen LogP) is 3.91. The zero-order valence-electron chi connectivity index (χ0n) is 14.2. The fourth-order valence-corrected chi connectivity index (χ4v) is 3.44. The molecule has 2 aromatic carbocycles. The van der Waals surface area contributed by atoms with Gasteiger partial charge in [0, 0.05) is 16.8 Å². The number of thioether (sulfide) groups is 1. The van der Waals surface area contributed by atoms with Crippen LogP contribution in [0.2, 0.25) is 0 Å². The molecule has 0 radical (unpaired) electrons. The average molecular weight is 383 g/mol. The van der Waals surface area contributed by atoms with Crippen molar-refractivity contribution in [3.63, 3.8) is 0 Å². The lowest BCUT2D eigenvalue weighted by atomic mass is 9.99. The smallest absolute Gasteiger partial charge is 0.277 e. The molecule has 0 saturated heterocycles. The Labute approximate surface area is 158 Å². The molecule has 1 aromatic heterocycles. The number of nitrogens with one attached hydrogen (secondary N) is 1. The standard InChI is InChI=1S/C19H14FN3O3S/c1-10-14-8-12(4-7-15(14)21-17(10)25)16(24)9-27-19-23-22-18(26-19)11-2-5-13(20)6-3-11/h2-8,10H,9H2,1H3,(H,21,25)/t10-/m0/s1. The maximum absolute atomic E-state index is 13.0. The number of rotatable bonds is 5. The monoisotopic (exact) mass is 383 g/mol. The molecule has 0 spiro atoms. The van der Waals surface area contributed by atoms with E-state index in [2.05, 4.69) is 15.5 Å². The van der Waals surface area contributed by atoms with Crippen molar-refractivity contribution in [2.45, 2.75) is 18.1 Å². The average Bonchev–Trinajstić information content (AvgIpc) is 3.25. The van der Waals surface area contributed by atoms with Crippen LogP contribution in [0.5, 0.6) is 0 Å². The summed E-state index contributed by atoms with van der Waals surface area (Å²) in [4.78, 5) is 24.2. The molecule has 27 heavy (non-hydrogen) atoms. The zero-order chi connectivity index (χ0) is 19.0. The maximum atomic E-state index is 13.0. The second-order valence-electron chi connectivity index (χ2n) is 6.10. The fourth-order valence-electron chi connectivity index (χ4n) is 2.78. The van der Waals surface area contributed by atoms with E-state index in [-0.39, 0.29) is 40.3 Å². The Hall–Kier alpha value is -3.00. The molecule has 1 N–H and O–H groups in total. The molecule has 136 valence electrons. The number of nitrogens with zero attached hydrogens (tertiary/aromatic N) is 2. The molecule has 1 amide bonds. The second-order valence-corrected chi connectivity index (χ2v) is 7.03. The van der Waals surface area contributed by atoms with Gasteiger partial charge in [0.15, 0.2) is 5.78 Å². The van der Waals surface area contributed by atoms with Gasteiger partial charge in [0.25, 0.3) is 5.22 Å². The molecule has 0 unspecified atom stereocenters. The Morgan fingerprint density at radius 2 is 2.00 bits per heavy atom. The van der Waals surface area contributed by atoms with E-state index in [9.17, 15) is 14.0 Å². The van der Waals surface area contributed by atoms with E-state index in [1.807, 2.05) is 0 Å². The van der Waals surface area contributed by atoms with Crippen molar-refractivity contribution in [2.75, 3.05) is 11.1 Å². The number of ketones is 1. The van der Waals surface area contributed by atoms with Crippen LogP contribution in [0, 0.1) is 5.82 Å². The maximum Gasteiger partial charge on any atom is 0.277 e. The molecule has 1 atom stereocenters. The lowest BCUT2D eigenvalue weighted by molar-refractivity contribution is -0.116. The number of fused-ring (bicyclic) bond motifs is 1. The van der Waals surface area contributed by atoms with E-state index < -0.39 is 0 Å². The Balaban J connectivity index is 1.43. The highest BCUT2D eigenvalue weighted by molar-refractivity contribution is 7.99. The summed E-state index contributed by atoms with van der Waals surface area (Å²) in [7, 11) is 0. The molecule has 2 heterocycles. The number of benzene rings is 2. The number of Topliss-reactive ketones (excluding diaryl/α,β-unsaturated/α-hetero) is 1. The van der Waals surface area contributed by atoms with Gasteiger partial charge in [-0.3, -0.25) is 9.59 Å². The highest BCUT2D eigenvalue weighted by atomic mass is 32.2. The molecule has 0 saturated carbocycles. The predicted molar refractivity (Wildman–Crippen MR) is 98.2 cm³/mol. The van der Waals surface area contributed by atoms with Gasteiger partial charge < -0.3 is 9.73 Å². The summed E-state index contributed by atoms with van der Waals surface area (Å²) in [6.07, 6.45) is 0. The first-order valence-corrected chi connectivity index (χ1v) is 9.20. The van der Waals surface area contributed by atoms with Crippen LogP contribution in [-0.2, 0) is 4.79 Å². The van der Waals surface area contributed by atoms with E-state index in [4.69, 9.17) is 4.42 Å². The van der Waals surface area contributed by atoms with E-state index in [0.717, 1.165) is 23.0 Å². The van der Waals surface area contributed by atoms with Crippen molar-refractivity contribution in [3.8, 4) is 11.5 Å². The third kappa shape index (κ3) is 3.48. The summed E-state index contributed by atoms with van der Waals surface area (Å²) in [5.41, 5.74) is 2.71. The highest BCUT2D eigenvalue weighted by Gasteiger charge is 2.27. The van der Waals surface area contributed by atoms with E-state index >= 15 is 0 Å². The van der Waals surface area contributed by atoms with Crippen LogP contribution in [0.3, 0.4) is 0 Å².